The Morgan fingerprint density at radius 1 is 0.966 bits per heavy atom. The molecule has 1 aromatic heterocycles. The Balaban J connectivity index is 1.35. The molecule has 1 N–H and O–H groups in total. The number of benzene rings is 2. The van der Waals surface area contributed by atoms with Crippen LogP contribution in [0.25, 0.3) is 11.0 Å². The van der Waals surface area contributed by atoms with Gasteiger partial charge in [0.25, 0.3) is 0 Å². The van der Waals surface area contributed by atoms with Gasteiger partial charge in [-0.1, -0.05) is 37.5 Å². The first-order valence-corrected chi connectivity index (χ1v) is 10.9. The average molecular weight is 389 g/mol. The second kappa shape index (κ2) is 7.90. The summed E-state index contributed by atoms with van der Waals surface area (Å²) in [5.41, 5.74) is 4.33. The fourth-order valence-corrected chi connectivity index (χ4v) is 4.77. The highest BCUT2D eigenvalue weighted by Crippen LogP contribution is 2.28. The maximum absolute atomic E-state index is 12.6. The predicted molar refractivity (Wildman–Crippen MR) is 117 cm³/mol. The van der Waals surface area contributed by atoms with Crippen molar-refractivity contribution in [3.8, 4) is 0 Å². The summed E-state index contributed by atoms with van der Waals surface area (Å²) < 4.78 is 2.35. The maximum atomic E-state index is 12.6. The number of aryl methyl sites for hydroxylation is 1. The average Bonchev–Trinajstić information content (AvgIpc) is 2.97. The molecule has 0 radical (unpaired) electrons. The van der Waals surface area contributed by atoms with Gasteiger partial charge in [-0.15, -0.1) is 0 Å². The lowest BCUT2D eigenvalue weighted by molar-refractivity contribution is -0.120. The Labute approximate surface area is 171 Å². The molecule has 0 spiro atoms. The minimum Gasteiger partial charge on any atom is -0.364 e. The highest BCUT2D eigenvalue weighted by molar-refractivity contribution is 5.93. The van der Waals surface area contributed by atoms with Gasteiger partial charge in [-0.3, -0.25) is 4.79 Å². The molecule has 2 aromatic carbocycles. The van der Waals surface area contributed by atoms with Crippen LogP contribution in [0.1, 0.15) is 44.3 Å². The smallest absolute Gasteiger partial charge is 0.227 e. The summed E-state index contributed by atoms with van der Waals surface area (Å²) in [6.45, 7) is 2.76. The molecule has 1 aliphatic carbocycles. The van der Waals surface area contributed by atoms with Crippen molar-refractivity contribution in [2.45, 2.75) is 51.6 Å². The van der Waals surface area contributed by atoms with Crippen LogP contribution in [0.4, 0.5) is 11.4 Å². The first kappa shape index (κ1) is 18.2. The van der Waals surface area contributed by atoms with E-state index < -0.39 is 0 Å². The van der Waals surface area contributed by atoms with Gasteiger partial charge in [0.1, 0.15) is 5.82 Å². The largest absolute Gasteiger partial charge is 0.364 e. The Morgan fingerprint density at radius 2 is 1.83 bits per heavy atom. The van der Waals surface area contributed by atoms with Gasteiger partial charge in [-0.25, -0.2) is 4.98 Å². The molecular weight excluding hydrogens is 360 g/mol. The number of imidazole rings is 1. The molecule has 2 heterocycles. The third kappa shape index (κ3) is 3.74. The second-order valence-corrected chi connectivity index (χ2v) is 8.32. The quantitative estimate of drug-likeness (QED) is 0.689. The fourth-order valence-electron chi connectivity index (χ4n) is 4.77. The topological polar surface area (TPSA) is 50.2 Å². The summed E-state index contributed by atoms with van der Waals surface area (Å²) >= 11 is 0. The van der Waals surface area contributed by atoms with Crippen molar-refractivity contribution >= 4 is 28.3 Å². The molecular formula is C24H28N4O. The molecule has 0 bridgehead atoms. The van der Waals surface area contributed by atoms with Crippen molar-refractivity contribution < 1.29 is 4.79 Å². The number of fused-ring (bicyclic) bond motifs is 3. The van der Waals surface area contributed by atoms with E-state index in [4.69, 9.17) is 4.98 Å². The molecule has 1 amide bonds. The van der Waals surface area contributed by atoms with Crippen LogP contribution in [0, 0.1) is 5.92 Å². The SMILES string of the molecule is O=C(Nc1cccc(N2CCCn3c(nc4ccccc43)C2)c1)C1CCCCC1. The number of carbonyl (C=O) groups is 1. The molecule has 5 rings (SSSR count). The lowest BCUT2D eigenvalue weighted by atomic mass is 9.88. The molecule has 0 saturated heterocycles. The Hall–Kier alpha value is -2.82. The minimum absolute atomic E-state index is 0.172. The molecule has 5 nitrogen and oxygen atoms in total. The Bertz CT molecular complexity index is 1020. The highest BCUT2D eigenvalue weighted by Gasteiger charge is 2.22. The van der Waals surface area contributed by atoms with Gasteiger partial charge >= 0.3 is 0 Å². The number of carbonyl (C=O) groups excluding carboxylic acids is 1. The van der Waals surface area contributed by atoms with E-state index >= 15 is 0 Å². The van der Waals surface area contributed by atoms with E-state index in [1.165, 1.54) is 24.8 Å². The van der Waals surface area contributed by atoms with Gasteiger partial charge in [0.2, 0.25) is 5.91 Å². The van der Waals surface area contributed by atoms with E-state index in [9.17, 15) is 4.79 Å². The number of nitrogens with zero attached hydrogens (tertiary/aromatic N) is 3. The van der Waals surface area contributed by atoms with Gasteiger partial charge in [0, 0.05) is 30.4 Å². The molecule has 1 saturated carbocycles. The zero-order valence-corrected chi connectivity index (χ0v) is 16.8. The Kier molecular flexibility index (Phi) is 4.96. The first-order valence-electron chi connectivity index (χ1n) is 10.9. The lowest BCUT2D eigenvalue weighted by Gasteiger charge is -2.24. The fraction of sp³-hybridized carbons (Fsp3) is 0.417. The van der Waals surface area contributed by atoms with Crippen molar-refractivity contribution in [2.24, 2.45) is 5.92 Å². The highest BCUT2D eigenvalue weighted by atomic mass is 16.1. The van der Waals surface area contributed by atoms with Crippen LogP contribution in [0.3, 0.4) is 0 Å². The molecule has 0 atom stereocenters. The zero-order valence-electron chi connectivity index (χ0n) is 16.8. The molecule has 1 aliphatic heterocycles. The molecule has 0 unspecified atom stereocenters. The summed E-state index contributed by atoms with van der Waals surface area (Å²) in [4.78, 5) is 19.9. The van der Waals surface area contributed by atoms with E-state index in [0.29, 0.717) is 0 Å². The van der Waals surface area contributed by atoms with E-state index in [2.05, 4.69) is 45.1 Å². The minimum atomic E-state index is 0.172. The third-order valence-corrected chi connectivity index (χ3v) is 6.33. The summed E-state index contributed by atoms with van der Waals surface area (Å²) in [6, 6.07) is 16.7. The third-order valence-electron chi connectivity index (χ3n) is 6.33. The van der Waals surface area contributed by atoms with Crippen LogP contribution in [0.5, 0.6) is 0 Å². The van der Waals surface area contributed by atoms with Gasteiger partial charge in [0.05, 0.1) is 17.6 Å². The number of nitrogens with one attached hydrogen (secondary N) is 1. The van der Waals surface area contributed by atoms with Crippen LogP contribution in [-0.2, 0) is 17.9 Å². The number of anilines is 2. The van der Waals surface area contributed by atoms with E-state index in [1.807, 2.05) is 18.2 Å². The number of amides is 1. The second-order valence-electron chi connectivity index (χ2n) is 8.32. The van der Waals surface area contributed by atoms with Crippen molar-refractivity contribution in [3.05, 3.63) is 54.4 Å². The summed E-state index contributed by atoms with van der Waals surface area (Å²) in [7, 11) is 0. The van der Waals surface area contributed by atoms with Crippen molar-refractivity contribution in [1.82, 2.24) is 9.55 Å². The van der Waals surface area contributed by atoms with Crippen LogP contribution < -0.4 is 10.2 Å². The van der Waals surface area contributed by atoms with Crippen LogP contribution in [0.2, 0.25) is 0 Å². The van der Waals surface area contributed by atoms with Crippen LogP contribution in [0.15, 0.2) is 48.5 Å². The van der Waals surface area contributed by atoms with Crippen molar-refractivity contribution in [3.63, 3.8) is 0 Å². The number of hydrogen-bond acceptors (Lipinski definition) is 3. The number of aromatic nitrogens is 2. The lowest BCUT2D eigenvalue weighted by Crippen LogP contribution is -2.25. The molecule has 2 aliphatic rings. The van der Waals surface area contributed by atoms with Crippen molar-refractivity contribution in [2.75, 3.05) is 16.8 Å². The number of rotatable bonds is 3. The molecule has 5 heteroatoms. The van der Waals surface area contributed by atoms with Crippen LogP contribution >= 0.6 is 0 Å². The molecule has 1 fully saturated rings. The summed E-state index contributed by atoms with van der Waals surface area (Å²) in [6.07, 6.45) is 6.73. The van der Waals surface area contributed by atoms with Gasteiger partial charge in [-0.05, 0) is 49.6 Å². The van der Waals surface area contributed by atoms with Crippen LogP contribution in [-0.4, -0.2) is 22.0 Å². The number of hydrogen-bond donors (Lipinski definition) is 1. The molecule has 150 valence electrons. The zero-order chi connectivity index (χ0) is 19.6. The standard InChI is InChI=1S/C24H28N4O/c29-24(18-8-2-1-3-9-18)25-19-10-6-11-20(16-19)27-14-7-15-28-22-13-5-4-12-21(22)26-23(28)17-27/h4-6,10-13,16,18H,1-3,7-9,14-15,17H2,(H,25,29). The normalized spacial score (nSPS) is 17.7. The summed E-state index contributed by atoms with van der Waals surface area (Å²) in [5, 5.41) is 3.16. The molecule has 29 heavy (non-hydrogen) atoms. The summed E-state index contributed by atoms with van der Waals surface area (Å²) in [5.74, 6) is 1.46. The monoisotopic (exact) mass is 388 g/mol. The Morgan fingerprint density at radius 3 is 2.72 bits per heavy atom. The van der Waals surface area contributed by atoms with Gasteiger partial charge in [-0.2, -0.15) is 0 Å². The van der Waals surface area contributed by atoms with Gasteiger partial charge < -0.3 is 14.8 Å². The first-order chi connectivity index (χ1) is 14.3. The van der Waals surface area contributed by atoms with Gasteiger partial charge in [0.15, 0.2) is 0 Å². The van der Waals surface area contributed by atoms with E-state index in [0.717, 1.165) is 61.6 Å². The van der Waals surface area contributed by atoms with Crippen molar-refractivity contribution in [1.29, 1.82) is 0 Å². The predicted octanol–water partition coefficient (Wildman–Crippen LogP) is 4.97. The maximum Gasteiger partial charge on any atom is 0.227 e. The number of para-hydroxylation sites is 2. The molecule has 3 aromatic rings. The van der Waals surface area contributed by atoms with E-state index in [-0.39, 0.29) is 11.8 Å². The van der Waals surface area contributed by atoms with E-state index in [1.54, 1.807) is 0 Å².